The van der Waals surface area contributed by atoms with Crippen LogP contribution in [0, 0.1) is 0 Å². The van der Waals surface area contributed by atoms with Crippen LogP contribution in [0.4, 0.5) is 0 Å². The maximum Gasteiger partial charge on any atom is 0.308 e. The van der Waals surface area contributed by atoms with Crippen LogP contribution in [0.3, 0.4) is 0 Å². The largest absolute Gasteiger partial charge is 0.426 e. The van der Waals surface area contributed by atoms with Crippen LogP contribution in [0.15, 0.2) is 22.7 Å². The van der Waals surface area contributed by atoms with E-state index in [1.807, 2.05) is 12.1 Å². The second-order valence-electron chi connectivity index (χ2n) is 2.48. The Morgan fingerprint density at radius 3 is 2.77 bits per heavy atom. The summed E-state index contributed by atoms with van der Waals surface area (Å²) in [6.45, 7) is 1.39. The van der Waals surface area contributed by atoms with Crippen LogP contribution in [-0.2, 0) is 10.1 Å². The smallest absolute Gasteiger partial charge is 0.308 e. The molecule has 4 heteroatoms. The lowest BCUT2D eigenvalue weighted by atomic mass is 10.2. The van der Waals surface area contributed by atoms with Crippen molar-refractivity contribution in [2.75, 3.05) is 0 Å². The lowest BCUT2D eigenvalue weighted by molar-refractivity contribution is -0.131. The maximum absolute atomic E-state index is 10.7. The molecule has 0 heterocycles. The van der Waals surface area contributed by atoms with Gasteiger partial charge < -0.3 is 4.74 Å². The van der Waals surface area contributed by atoms with Crippen LogP contribution in [0.25, 0.3) is 0 Å². The second kappa shape index (κ2) is 4.77. The van der Waals surface area contributed by atoms with Crippen molar-refractivity contribution in [3.63, 3.8) is 0 Å². The molecule has 0 radical (unpaired) electrons. The van der Waals surface area contributed by atoms with Crippen LogP contribution >= 0.6 is 31.9 Å². The highest BCUT2D eigenvalue weighted by molar-refractivity contribution is 9.10. The van der Waals surface area contributed by atoms with E-state index in [2.05, 4.69) is 31.9 Å². The molecule has 13 heavy (non-hydrogen) atoms. The maximum atomic E-state index is 10.7. The summed E-state index contributed by atoms with van der Waals surface area (Å²) < 4.78 is 5.91. The van der Waals surface area contributed by atoms with E-state index in [-0.39, 0.29) is 5.97 Å². The van der Waals surface area contributed by atoms with E-state index in [1.54, 1.807) is 6.07 Å². The molecule has 0 fully saturated rings. The lowest BCUT2D eigenvalue weighted by Gasteiger charge is -2.06. The fourth-order valence-corrected chi connectivity index (χ4v) is 1.69. The molecule has 0 saturated heterocycles. The van der Waals surface area contributed by atoms with Crippen molar-refractivity contribution < 1.29 is 9.53 Å². The van der Waals surface area contributed by atoms with Gasteiger partial charge in [0.25, 0.3) is 0 Å². The van der Waals surface area contributed by atoms with E-state index in [0.717, 1.165) is 10.0 Å². The number of halogens is 2. The molecule has 2 nitrogen and oxygen atoms in total. The van der Waals surface area contributed by atoms with Crippen molar-refractivity contribution in [1.82, 2.24) is 0 Å². The summed E-state index contributed by atoms with van der Waals surface area (Å²) in [7, 11) is 0. The number of hydrogen-bond acceptors (Lipinski definition) is 2. The molecule has 0 N–H and O–H groups in total. The van der Waals surface area contributed by atoms with Crippen LogP contribution in [0.1, 0.15) is 12.5 Å². The van der Waals surface area contributed by atoms with E-state index in [0.29, 0.717) is 11.1 Å². The average Bonchev–Trinajstić information content (AvgIpc) is 2.03. The van der Waals surface area contributed by atoms with Crippen molar-refractivity contribution in [3.8, 4) is 5.75 Å². The van der Waals surface area contributed by atoms with Gasteiger partial charge in [-0.15, -0.1) is 0 Å². The molecule has 0 aliphatic rings. The molecule has 0 aromatic heterocycles. The Morgan fingerprint density at radius 2 is 2.23 bits per heavy atom. The third-order valence-corrected chi connectivity index (χ3v) is 2.52. The van der Waals surface area contributed by atoms with E-state index in [4.69, 9.17) is 4.74 Å². The van der Waals surface area contributed by atoms with E-state index in [9.17, 15) is 4.79 Å². The van der Waals surface area contributed by atoms with Crippen molar-refractivity contribution >= 4 is 37.8 Å². The number of benzene rings is 1. The minimum absolute atomic E-state index is 0.305. The van der Waals surface area contributed by atoms with Gasteiger partial charge in [0.05, 0.1) is 0 Å². The molecule has 0 saturated carbocycles. The fourth-order valence-electron chi connectivity index (χ4n) is 0.889. The first-order valence-electron chi connectivity index (χ1n) is 3.66. The van der Waals surface area contributed by atoms with Crippen LogP contribution in [0.2, 0.25) is 0 Å². The number of carbonyl (C=O) groups excluding carboxylic acids is 1. The SMILES string of the molecule is CC(=O)Oc1cc(Br)ccc1CBr. The Balaban J connectivity index is 3.01. The Bertz CT molecular complexity index is 323. The number of rotatable bonds is 2. The molecule has 1 aromatic rings. The zero-order valence-corrected chi connectivity index (χ0v) is 10.2. The monoisotopic (exact) mass is 306 g/mol. The Labute approximate surface area is 93.5 Å². The summed E-state index contributed by atoms with van der Waals surface area (Å²) in [5.74, 6) is 0.291. The first-order chi connectivity index (χ1) is 6.13. The summed E-state index contributed by atoms with van der Waals surface area (Å²) in [5.41, 5.74) is 0.957. The summed E-state index contributed by atoms with van der Waals surface area (Å²) in [6.07, 6.45) is 0. The highest BCUT2D eigenvalue weighted by atomic mass is 79.9. The zero-order chi connectivity index (χ0) is 9.84. The van der Waals surface area contributed by atoms with Gasteiger partial charge in [-0.25, -0.2) is 0 Å². The molecule has 1 aromatic carbocycles. The quantitative estimate of drug-likeness (QED) is 0.476. The molecule has 0 aliphatic heterocycles. The van der Waals surface area contributed by atoms with Gasteiger partial charge in [-0.1, -0.05) is 37.9 Å². The Hall–Kier alpha value is -0.350. The van der Waals surface area contributed by atoms with Crippen LogP contribution in [0.5, 0.6) is 5.75 Å². The lowest BCUT2D eigenvalue weighted by Crippen LogP contribution is -2.03. The second-order valence-corrected chi connectivity index (χ2v) is 3.96. The van der Waals surface area contributed by atoms with Gasteiger partial charge in [0.15, 0.2) is 0 Å². The molecule has 0 amide bonds. The summed E-state index contributed by atoms with van der Waals surface area (Å²) in [4.78, 5) is 10.7. The normalized spacial score (nSPS) is 9.77. The third-order valence-electron chi connectivity index (χ3n) is 1.43. The average molecular weight is 308 g/mol. The molecule has 0 bridgehead atoms. The number of esters is 1. The molecule has 0 unspecified atom stereocenters. The van der Waals surface area contributed by atoms with Crippen molar-refractivity contribution in [2.24, 2.45) is 0 Å². The minimum atomic E-state index is -0.305. The van der Waals surface area contributed by atoms with Gasteiger partial charge in [-0.05, 0) is 12.1 Å². The first-order valence-corrected chi connectivity index (χ1v) is 5.57. The predicted octanol–water partition coefficient (Wildman–Crippen LogP) is 3.27. The first kappa shape index (κ1) is 10.7. The molecule has 0 aliphatic carbocycles. The van der Waals surface area contributed by atoms with Crippen molar-refractivity contribution in [3.05, 3.63) is 28.2 Å². The van der Waals surface area contributed by atoms with Gasteiger partial charge in [0.2, 0.25) is 0 Å². The molecule has 1 rings (SSSR count). The van der Waals surface area contributed by atoms with Crippen LogP contribution < -0.4 is 4.74 Å². The highest BCUT2D eigenvalue weighted by Crippen LogP contribution is 2.25. The molecule has 0 spiro atoms. The summed E-state index contributed by atoms with van der Waals surface area (Å²) in [6, 6.07) is 5.58. The third kappa shape index (κ3) is 3.12. The minimum Gasteiger partial charge on any atom is -0.426 e. The molecular formula is C9H8Br2O2. The topological polar surface area (TPSA) is 26.3 Å². The summed E-state index contributed by atoms with van der Waals surface area (Å²) in [5, 5.41) is 0.670. The van der Waals surface area contributed by atoms with E-state index >= 15 is 0 Å². The van der Waals surface area contributed by atoms with E-state index < -0.39 is 0 Å². The molecule has 70 valence electrons. The van der Waals surface area contributed by atoms with Gasteiger partial charge >= 0.3 is 5.97 Å². The number of carbonyl (C=O) groups is 1. The zero-order valence-electron chi connectivity index (χ0n) is 7.01. The van der Waals surface area contributed by atoms with Gasteiger partial charge in [-0.2, -0.15) is 0 Å². The molecular weight excluding hydrogens is 300 g/mol. The van der Waals surface area contributed by atoms with Gasteiger partial charge in [0, 0.05) is 22.3 Å². The Morgan fingerprint density at radius 1 is 1.54 bits per heavy atom. The highest BCUT2D eigenvalue weighted by Gasteiger charge is 2.05. The summed E-state index contributed by atoms with van der Waals surface area (Å²) >= 11 is 6.63. The standard InChI is InChI=1S/C9H8Br2O2/c1-6(12)13-9-4-8(11)3-2-7(9)5-10/h2-4H,5H2,1H3. The Kier molecular flexibility index (Phi) is 3.93. The van der Waals surface area contributed by atoms with Crippen molar-refractivity contribution in [1.29, 1.82) is 0 Å². The fraction of sp³-hybridized carbons (Fsp3) is 0.222. The number of alkyl halides is 1. The number of ether oxygens (including phenoxy) is 1. The van der Waals surface area contributed by atoms with Gasteiger partial charge in [-0.3, -0.25) is 4.79 Å². The predicted molar refractivity (Wildman–Crippen MR) is 58.1 cm³/mol. The molecule has 0 atom stereocenters. The van der Waals surface area contributed by atoms with Crippen molar-refractivity contribution in [2.45, 2.75) is 12.3 Å². The van der Waals surface area contributed by atoms with E-state index in [1.165, 1.54) is 6.92 Å². The number of hydrogen-bond donors (Lipinski definition) is 0. The van der Waals surface area contributed by atoms with Gasteiger partial charge in [0.1, 0.15) is 5.75 Å². The van der Waals surface area contributed by atoms with Crippen LogP contribution in [-0.4, -0.2) is 5.97 Å².